The fourth-order valence-corrected chi connectivity index (χ4v) is 3.04. The molecule has 2 rings (SSSR count). The number of carboxylic acids is 1. The van der Waals surface area contributed by atoms with E-state index in [1.54, 1.807) is 24.3 Å². The molecule has 1 aromatic rings. The van der Waals surface area contributed by atoms with Gasteiger partial charge in [0.25, 0.3) is 0 Å². The number of hydrogen-bond donors (Lipinski definition) is 1. The third-order valence-electron chi connectivity index (χ3n) is 4.14. The Morgan fingerprint density at radius 3 is 2.71 bits per heavy atom. The number of carboxylic acid groups (broad SMARTS) is 1. The summed E-state index contributed by atoms with van der Waals surface area (Å²) in [4.78, 5) is 13.3. The average Bonchev–Trinajstić information content (AvgIpc) is 2.92. The van der Waals surface area contributed by atoms with Crippen LogP contribution < -0.4 is 4.74 Å². The standard InChI is InChI=1S/C17H25NO3/c1-13(2)16-5-3-10-18(16)11-4-12-21-15-8-6-14(7-9-15)17(19)20/h6-9,13,16H,3-5,10-12H2,1-2H3,(H,19,20). The highest BCUT2D eigenvalue weighted by atomic mass is 16.5. The number of aromatic carboxylic acids is 1. The van der Waals surface area contributed by atoms with Crippen LogP contribution in [0.1, 0.15) is 43.5 Å². The van der Waals surface area contributed by atoms with Crippen LogP contribution in [0.5, 0.6) is 5.75 Å². The van der Waals surface area contributed by atoms with Gasteiger partial charge in [-0.15, -0.1) is 0 Å². The van der Waals surface area contributed by atoms with Crippen LogP contribution in [-0.4, -0.2) is 41.7 Å². The molecule has 1 aliphatic rings. The molecule has 0 amide bonds. The first-order valence-electron chi connectivity index (χ1n) is 7.78. The summed E-state index contributed by atoms with van der Waals surface area (Å²) in [6, 6.07) is 7.31. The average molecular weight is 291 g/mol. The third kappa shape index (κ3) is 4.46. The van der Waals surface area contributed by atoms with Gasteiger partial charge in [-0.05, 0) is 56.0 Å². The minimum Gasteiger partial charge on any atom is -0.494 e. The highest BCUT2D eigenvalue weighted by Crippen LogP contribution is 2.23. The van der Waals surface area contributed by atoms with Crippen molar-refractivity contribution in [2.24, 2.45) is 5.92 Å². The van der Waals surface area contributed by atoms with E-state index in [4.69, 9.17) is 9.84 Å². The lowest BCUT2D eigenvalue weighted by Gasteiger charge is -2.27. The van der Waals surface area contributed by atoms with Crippen LogP contribution in [-0.2, 0) is 0 Å². The summed E-state index contributed by atoms with van der Waals surface area (Å²) in [6.07, 6.45) is 3.62. The molecule has 0 aliphatic carbocycles. The lowest BCUT2D eigenvalue weighted by molar-refractivity contribution is 0.0697. The summed E-state index contributed by atoms with van der Waals surface area (Å²) in [5.41, 5.74) is 0.291. The van der Waals surface area contributed by atoms with Crippen molar-refractivity contribution < 1.29 is 14.6 Å². The molecule has 21 heavy (non-hydrogen) atoms. The van der Waals surface area contributed by atoms with Gasteiger partial charge in [-0.25, -0.2) is 4.79 Å². The van der Waals surface area contributed by atoms with Crippen molar-refractivity contribution in [2.75, 3.05) is 19.7 Å². The first kappa shape index (κ1) is 15.8. The number of likely N-dealkylation sites (tertiary alicyclic amines) is 1. The Labute approximate surface area is 126 Å². The molecule has 0 spiro atoms. The Hall–Kier alpha value is -1.55. The maximum absolute atomic E-state index is 10.8. The van der Waals surface area contributed by atoms with Crippen LogP contribution in [0.3, 0.4) is 0 Å². The Morgan fingerprint density at radius 1 is 1.38 bits per heavy atom. The summed E-state index contributed by atoms with van der Waals surface area (Å²) >= 11 is 0. The number of hydrogen-bond acceptors (Lipinski definition) is 3. The van der Waals surface area contributed by atoms with Crippen molar-refractivity contribution in [1.29, 1.82) is 0 Å². The quantitative estimate of drug-likeness (QED) is 0.783. The van der Waals surface area contributed by atoms with Gasteiger partial charge >= 0.3 is 5.97 Å². The minimum atomic E-state index is -0.907. The van der Waals surface area contributed by atoms with Gasteiger partial charge < -0.3 is 14.7 Å². The molecule has 1 N–H and O–H groups in total. The molecule has 1 fully saturated rings. The summed E-state index contributed by atoms with van der Waals surface area (Å²) in [5.74, 6) is 0.550. The van der Waals surface area contributed by atoms with Gasteiger partial charge in [0.05, 0.1) is 12.2 Å². The fraction of sp³-hybridized carbons (Fsp3) is 0.588. The van der Waals surface area contributed by atoms with E-state index in [-0.39, 0.29) is 0 Å². The Morgan fingerprint density at radius 2 is 2.10 bits per heavy atom. The predicted molar refractivity (Wildman–Crippen MR) is 82.9 cm³/mol. The molecule has 1 saturated heterocycles. The van der Waals surface area contributed by atoms with Gasteiger partial charge in [-0.2, -0.15) is 0 Å². The zero-order valence-electron chi connectivity index (χ0n) is 12.9. The molecular weight excluding hydrogens is 266 g/mol. The second-order valence-electron chi connectivity index (χ2n) is 6.02. The largest absolute Gasteiger partial charge is 0.494 e. The SMILES string of the molecule is CC(C)C1CCCN1CCCOc1ccc(C(=O)O)cc1. The molecule has 1 atom stereocenters. The molecule has 1 aromatic carbocycles. The number of nitrogens with zero attached hydrogens (tertiary/aromatic N) is 1. The third-order valence-corrected chi connectivity index (χ3v) is 4.14. The van der Waals surface area contributed by atoms with Gasteiger partial charge in [0.2, 0.25) is 0 Å². The lowest BCUT2D eigenvalue weighted by atomic mass is 10.0. The zero-order valence-corrected chi connectivity index (χ0v) is 12.9. The monoisotopic (exact) mass is 291 g/mol. The number of rotatable bonds is 7. The van der Waals surface area contributed by atoms with Crippen LogP contribution in [0, 0.1) is 5.92 Å². The van der Waals surface area contributed by atoms with E-state index in [1.807, 2.05) is 0 Å². The Bertz CT molecular complexity index is 456. The van der Waals surface area contributed by atoms with E-state index < -0.39 is 5.97 Å². The minimum absolute atomic E-state index is 0.291. The van der Waals surface area contributed by atoms with Crippen LogP contribution in [0.15, 0.2) is 24.3 Å². The molecule has 4 nitrogen and oxygen atoms in total. The molecule has 1 heterocycles. The summed E-state index contributed by atoms with van der Waals surface area (Å²) in [7, 11) is 0. The van der Waals surface area contributed by atoms with Gasteiger partial charge in [-0.1, -0.05) is 13.8 Å². The van der Waals surface area contributed by atoms with E-state index in [0.29, 0.717) is 12.2 Å². The van der Waals surface area contributed by atoms with Crippen molar-refractivity contribution in [1.82, 2.24) is 4.90 Å². The molecule has 116 valence electrons. The van der Waals surface area contributed by atoms with Gasteiger partial charge in [0, 0.05) is 12.6 Å². The molecule has 0 saturated carbocycles. The van der Waals surface area contributed by atoms with Crippen LogP contribution in [0.4, 0.5) is 0 Å². The van der Waals surface area contributed by atoms with Crippen molar-refractivity contribution in [2.45, 2.75) is 39.2 Å². The molecule has 4 heteroatoms. The van der Waals surface area contributed by atoms with Crippen molar-refractivity contribution in [3.8, 4) is 5.75 Å². The molecule has 1 aliphatic heterocycles. The fourth-order valence-electron chi connectivity index (χ4n) is 3.04. The molecule has 0 radical (unpaired) electrons. The van der Waals surface area contributed by atoms with Gasteiger partial charge in [0.15, 0.2) is 0 Å². The van der Waals surface area contributed by atoms with Crippen LogP contribution in [0.25, 0.3) is 0 Å². The maximum Gasteiger partial charge on any atom is 0.335 e. The van der Waals surface area contributed by atoms with Crippen molar-refractivity contribution in [3.63, 3.8) is 0 Å². The molecule has 1 unspecified atom stereocenters. The topological polar surface area (TPSA) is 49.8 Å². The molecular formula is C17H25NO3. The van der Waals surface area contributed by atoms with E-state index in [9.17, 15) is 4.79 Å². The molecule has 0 aromatic heterocycles. The smallest absolute Gasteiger partial charge is 0.335 e. The van der Waals surface area contributed by atoms with E-state index in [1.165, 1.54) is 19.4 Å². The Kier molecular flexibility index (Phi) is 5.62. The summed E-state index contributed by atoms with van der Waals surface area (Å²) in [5, 5.41) is 8.83. The van der Waals surface area contributed by atoms with Crippen LogP contribution >= 0.6 is 0 Å². The number of ether oxygens (including phenoxy) is 1. The second-order valence-corrected chi connectivity index (χ2v) is 6.02. The van der Waals surface area contributed by atoms with Crippen molar-refractivity contribution >= 4 is 5.97 Å². The first-order valence-corrected chi connectivity index (χ1v) is 7.78. The van der Waals surface area contributed by atoms with Gasteiger partial charge in [0.1, 0.15) is 5.75 Å². The normalized spacial score (nSPS) is 19.1. The van der Waals surface area contributed by atoms with Crippen molar-refractivity contribution in [3.05, 3.63) is 29.8 Å². The second kappa shape index (κ2) is 7.46. The Balaban J connectivity index is 1.71. The molecule has 0 bridgehead atoms. The predicted octanol–water partition coefficient (Wildman–Crippen LogP) is 3.27. The number of carbonyl (C=O) groups is 1. The summed E-state index contributed by atoms with van der Waals surface area (Å²) in [6.45, 7) is 7.55. The van der Waals surface area contributed by atoms with E-state index in [2.05, 4.69) is 18.7 Å². The van der Waals surface area contributed by atoms with Gasteiger partial charge in [-0.3, -0.25) is 0 Å². The van der Waals surface area contributed by atoms with Crippen LogP contribution in [0.2, 0.25) is 0 Å². The lowest BCUT2D eigenvalue weighted by Crippen LogP contribution is -2.34. The zero-order chi connectivity index (χ0) is 15.2. The maximum atomic E-state index is 10.8. The summed E-state index contributed by atoms with van der Waals surface area (Å²) < 4.78 is 5.68. The van der Waals surface area contributed by atoms with E-state index in [0.717, 1.165) is 30.7 Å². The highest BCUT2D eigenvalue weighted by Gasteiger charge is 2.26. The van der Waals surface area contributed by atoms with E-state index >= 15 is 0 Å². The first-order chi connectivity index (χ1) is 10.1. The number of benzene rings is 1. The highest BCUT2D eigenvalue weighted by molar-refractivity contribution is 5.87.